The Balaban J connectivity index is 2.13. The number of aromatic nitrogens is 1. The summed E-state index contributed by atoms with van der Waals surface area (Å²) in [5, 5.41) is 12.0. The van der Waals surface area contributed by atoms with Crippen LogP contribution in [0.1, 0.15) is 29.5 Å². The van der Waals surface area contributed by atoms with Gasteiger partial charge in [-0.05, 0) is 47.9 Å². The van der Waals surface area contributed by atoms with Crippen LogP contribution in [0.25, 0.3) is 0 Å². The average molecular weight is 324 g/mol. The topological polar surface area (TPSA) is 33.1 Å². The first-order chi connectivity index (χ1) is 11.1. The van der Waals surface area contributed by atoms with Crippen molar-refractivity contribution >= 4 is 11.6 Å². The van der Waals surface area contributed by atoms with Gasteiger partial charge in [0.2, 0.25) is 0 Å². The molecule has 1 aromatic heterocycles. The van der Waals surface area contributed by atoms with E-state index in [0.717, 1.165) is 16.7 Å². The monoisotopic (exact) mass is 323 g/mol. The third-order valence-electron chi connectivity index (χ3n) is 4.16. The Hall–Kier alpha value is -2.16. The Bertz CT molecular complexity index is 715. The highest BCUT2D eigenvalue weighted by Gasteiger charge is 2.36. The molecule has 0 aliphatic rings. The number of halogens is 1. The van der Waals surface area contributed by atoms with E-state index in [1.165, 1.54) is 0 Å². The predicted octanol–water partition coefficient (Wildman–Crippen LogP) is 4.77. The highest BCUT2D eigenvalue weighted by atomic mass is 35.5. The Labute approximate surface area is 141 Å². The SMILES string of the molecule is C[C@@](O)(c1ccc(Cl)cc1)[C@@H](c1ccccc1)c1ccncc1. The van der Waals surface area contributed by atoms with Gasteiger partial charge in [-0.3, -0.25) is 4.98 Å². The summed E-state index contributed by atoms with van der Waals surface area (Å²) < 4.78 is 0. The lowest BCUT2D eigenvalue weighted by molar-refractivity contribution is 0.0393. The van der Waals surface area contributed by atoms with Crippen molar-refractivity contribution in [1.29, 1.82) is 0 Å². The van der Waals surface area contributed by atoms with Crippen LogP contribution in [0.4, 0.5) is 0 Å². The van der Waals surface area contributed by atoms with E-state index < -0.39 is 5.60 Å². The molecule has 0 radical (unpaired) electrons. The van der Waals surface area contributed by atoms with E-state index in [2.05, 4.69) is 4.98 Å². The van der Waals surface area contributed by atoms with Crippen LogP contribution in [-0.4, -0.2) is 10.1 Å². The van der Waals surface area contributed by atoms with Crippen molar-refractivity contribution in [2.75, 3.05) is 0 Å². The molecule has 2 nitrogen and oxygen atoms in total. The molecular weight excluding hydrogens is 306 g/mol. The Morgan fingerprint density at radius 3 is 2.04 bits per heavy atom. The molecule has 0 saturated carbocycles. The van der Waals surface area contributed by atoms with Gasteiger partial charge in [0.1, 0.15) is 0 Å². The molecule has 1 heterocycles. The first-order valence-electron chi connectivity index (χ1n) is 7.52. The van der Waals surface area contributed by atoms with Crippen molar-refractivity contribution < 1.29 is 5.11 Å². The zero-order chi connectivity index (χ0) is 16.3. The third kappa shape index (κ3) is 3.29. The lowest BCUT2D eigenvalue weighted by atomic mass is 9.75. The number of rotatable bonds is 4. The normalized spacial score (nSPS) is 14.9. The van der Waals surface area contributed by atoms with E-state index in [9.17, 15) is 5.11 Å². The molecule has 23 heavy (non-hydrogen) atoms. The van der Waals surface area contributed by atoms with Crippen LogP contribution in [-0.2, 0) is 5.60 Å². The van der Waals surface area contributed by atoms with Crippen LogP contribution in [0.2, 0.25) is 5.02 Å². The van der Waals surface area contributed by atoms with Gasteiger partial charge in [0.15, 0.2) is 0 Å². The van der Waals surface area contributed by atoms with Crippen LogP contribution in [0.5, 0.6) is 0 Å². The van der Waals surface area contributed by atoms with Gasteiger partial charge in [-0.25, -0.2) is 0 Å². The van der Waals surface area contributed by atoms with Crippen LogP contribution < -0.4 is 0 Å². The van der Waals surface area contributed by atoms with Gasteiger partial charge in [0.25, 0.3) is 0 Å². The van der Waals surface area contributed by atoms with E-state index >= 15 is 0 Å². The molecule has 0 saturated heterocycles. The van der Waals surface area contributed by atoms with E-state index in [-0.39, 0.29) is 5.92 Å². The lowest BCUT2D eigenvalue weighted by Gasteiger charge is -2.34. The average Bonchev–Trinajstić information content (AvgIpc) is 2.57. The van der Waals surface area contributed by atoms with Gasteiger partial charge in [0.05, 0.1) is 5.60 Å². The van der Waals surface area contributed by atoms with Gasteiger partial charge < -0.3 is 5.11 Å². The zero-order valence-electron chi connectivity index (χ0n) is 12.9. The molecule has 0 fully saturated rings. The molecule has 0 aliphatic carbocycles. The standard InChI is InChI=1S/C20H18ClNO/c1-20(23,17-7-9-18(21)10-8-17)19(15-5-3-2-4-6-15)16-11-13-22-14-12-16/h2-14,19,23H,1H3/t19-,20+/m0/s1. The fraction of sp³-hybridized carbons (Fsp3) is 0.150. The minimum Gasteiger partial charge on any atom is -0.384 e. The summed E-state index contributed by atoms with van der Waals surface area (Å²) in [5.41, 5.74) is 1.82. The number of hydrogen-bond donors (Lipinski definition) is 1. The van der Waals surface area contributed by atoms with Crippen LogP contribution in [0.3, 0.4) is 0 Å². The first-order valence-corrected chi connectivity index (χ1v) is 7.90. The Morgan fingerprint density at radius 1 is 0.870 bits per heavy atom. The summed E-state index contributed by atoms with van der Waals surface area (Å²) >= 11 is 5.99. The van der Waals surface area contributed by atoms with Crippen molar-refractivity contribution in [3.63, 3.8) is 0 Å². The predicted molar refractivity (Wildman–Crippen MR) is 93.5 cm³/mol. The molecule has 1 N–H and O–H groups in total. The number of nitrogens with zero attached hydrogens (tertiary/aromatic N) is 1. The highest BCUT2D eigenvalue weighted by molar-refractivity contribution is 6.30. The second-order valence-electron chi connectivity index (χ2n) is 5.78. The number of benzene rings is 2. The second kappa shape index (κ2) is 6.53. The largest absolute Gasteiger partial charge is 0.384 e. The Kier molecular flexibility index (Phi) is 4.46. The van der Waals surface area contributed by atoms with Gasteiger partial charge in [-0.1, -0.05) is 54.1 Å². The van der Waals surface area contributed by atoms with Crippen molar-refractivity contribution in [3.05, 3.63) is 101 Å². The van der Waals surface area contributed by atoms with Crippen LogP contribution in [0.15, 0.2) is 79.1 Å². The molecule has 3 rings (SSSR count). The van der Waals surface area contributed by atoms with Gasteiger partial charge in [-0.2, -0.15) is 0 Å². The number of hydrogen-bond acceptors (Lipinski definition) is 2. The highest BCUT2D eigenvalue weighted by Crippen LogP contribution is 2.41. The lowest BCUT2D eigenvalue weighted by Crippen LogP contribution is -2.31. The maximum absolute atomic E-state index is 11.4. The van der Waals surface area contributed by atoms with Crippen molar-refractivity contribution in [3.8, 4) is 0 Å². The summed E-state index contributed by atoms with van der Waals surface area (Å²) in [5.74, 6) is -0.201. The van der Waals surface area contributed by atoms with Crippen molar-refractivity contribution in [2.45, 2.75) is 18.4 Å². The molecule has 0 aliphatic heterocycles. The molecule has 3 heteroatoms. The van der Waals surface area contributed by atoms with Crippen molar-refractivity contribution in [2.24, 2.45) is 0 Å². The number of aliphatic hydroxyl groups is 1. The van der Waals surface area contributed by atoms with Crippen molar-refractivity contribution in [1.82, 2.24) is 4.98 Å². The minimum atomic E-state index is -1.08. The van der Waals surface area contributed by atoms with E-state index in [0.29, 0.717) is 5.02 Å². The summed E-state index contributed by atoms with van der Waals surface area (Å²) in [4.78, 5) is 4.09. The molecule has 0 amide bonds. The Morgan fingerprint density at radius 2 is 1.43 bits per heavy atom. The third-order valence-corrected chi connectivity index (χ3v) is 4.42. The van der Waals surface area contributed by atoms with Crippen LogP contribution in [0, 0.1) is 0 Å². The quantitative estimate of drug-likeness (QED) is 0.750. The zero-order valence-corrected chi connectivity index (χ0v) is 13.6. The fourth-order valence-corrected chi connectivity index (χ4v) is 3.12. The van der Waals surface area contributed by atoms with Crippen LogP contribution >= 0.6 is 11.6 Å². The minimum absolute atomic E-state index is 0.201. The molecule has 2 aromatic carbocycles. The van der Waals surface area contributed by atoms with E-state index in [1.54, 1.807) is 24.5 Å². The van der Waals surface area contributed by atoms with Gasteiger partial charge in [0, 0.05) is 23.3 Å². The number of pyridine rings is 1. The maximum atomic E-state index is 11.4. The molecular formula is C20H18ClNO. The molecule has 0 bridgehead atoms. The molecule has 116 valence electrons. The van der Waals surface area contributed by atoms with E-state index in [4.69, 9.17) is 11.6 Å². The summed E-state index contributed by atoms with van der Waals surface area (Å²) in [7, 11) is 0. The maximum Gasteiger partial charge on any atom is 0.0977 e. The molecule has 2 atom stereocenters. The van der Waals surface area contributed by atoms with Gasteiger partial charge in [-0.15, -0.1) is 0 Å². The second-order valence-corrected chi connectivity index (χ2v) is 6.22. The molecule has 0 spiro atoms. The molecule has 3 aromatic rings. The smallest absolute Gasteiger partial charge is 0.0977 e. The fourth-order valence-electron chi connectivity index (χ4n) is 3.00. The van der Waals surface area contributed by atoms with E-state index in [1.807, 2.05) is 61.5 Å². The summed E-state index contributed by atoms with van der Waals surface area (Å²) in [6.45, 7) is 1.84. The van der Waals surface area contributed by atoms with Gasteiger partial charge >= 0.3 is 0 Å². The summed E-state index contributed by atoms with van der Waals surface area (Å²) in [6.07, 6.45) is 3.51. The summed E-state index contributed by atoms with van der Waals surface area (Å²) in [6, 6.07) is 21.3. The first kappa shape index (κ1) is 15.7. The molecule has 0 unspecified atom stereocenters.